The smallest absolute Gasteiger partial charge is 0.237 e. The second kappa shape index (κ2) is 8.85. The third-order valence-electron chi connectivity index (χ3n) is 4.11. The first-order valence-corrected chi connectivity index (χ1v) is 9.46. The topological polar surface area (TPSA) is 54.0 Å². The standard InChI is InChI=1S/C19H23N3OS/c23-19(18-17-7-2-1-6-16(17)8-12-24-18)22-11-4-10-21-14-15-5-3-9-20-13-15/h1-3,5-7,9,13,18,21H,4,8,10-12,14H2,(H,22,23)/t18-/m1/s1. The number of pyridine rings is 1. The van der Waals surface area contributed by atoms with E-state index in [1.54, 1.807) is 18.0 Å². The minimum absolute atomic E-state index is 0.0571. The summed E-state index contributed by atoms with van der Waals surface area (Å²) in [5, 5.41) is 6.40. The van der Waals surface area contributed by atoms with E-state index in [9.17, 15) is 4.79 Å². The molecule has 0 saturated heterocycles. The van der Waals surface area contributed by atoms with Crippen molar-refractivity contribution in [1.82, 2.24) is 15.6 Å². The molecule has 1 aliphatic rings. The van der Waals surface area contributed by atoms with Crippen LogP contribution in [0.5, 0.6) is 0 Å². The highest BCUT2D eigenvalue weighted by Gasteiger charge is 2.26. The largest absolute Gasteiger partial charge is 0.355 e. The fourth-order valence-electron chi connectivity index (χ4n) is 2.86. The third kappa shape index (κ3) is 4.58. The number of carbonyl (C=O) groups is 1. The first kappa shape index (κ1) is 17.0. The van der Waals surface area contributed by atoms with Gasteiger partial charge in [0.15, 0.2) is 0 Å². The van der Waals surface area contributed by atoms with Crippen LogP contribution in [0.25, 0.3) is 0 Å². The number of nitrogens with one attached hydrogen (secondary N) is 2. The van der Waals surface area contributed by atoms with E-state index in [2.05, 4.69) is 39.9 Å². The number of fused-ring (bicyclic) bond motifs is 1. The Morgan fingerprint density at radius 1 is 1.21 bits per heavy atom. The second-order valence-corrected chi connectivity index (χ2v) is 7.10. The molecular formula is C19H23N3OS. The number of thioether (sulfide) groups is 1. The molecule has 0 saturated carbocycles. The molecule has 3 rings (SSSR count). The first-order valence-electron chi connectivity index (χ1n) is 8.41. The van der Waals surface area contributed by atoms with Gasteiger partial charge in [0.25, 0.3) is 0 Å². The quantitative estimate of drug-likeness (QED) is 0.761. The van der Waals surface area contributed by atoms with Crippen molar-refractivity contribution in [1.29, 1.82) is 0 Å². The molecule has 1 atom stereocenters. The van der Waals surface area contributed by atoms with Crippen molar-refractivity contribution < 1.29 is 4.79 Å². The van der Waals surface area contributed by atoms with Gasteiger partial charge in [-0.3, -0.25) is 9.78 Å². The van der Waals surface area contributed by atoms with Crippen LogP contribution in [0.3, 0.4) is 0 Å². The van der Waals surface area contributed by atoms with Gasteiger partial charge < -0.3 is 10.6 Å². The summed E-state index contributed by atoms with van der Waals surface area (Å²) in [5.74, 6) is 1.15. The van der Waals surface area contributed by atoms with Gasteiger partial charge in [-0.2, -0.15) is 0 Å². The van der Waals surface area contributed by atoms with Gasteiger partial charge in [-0.25, -0.2) is 0 Å². The SMILES string of the molecule is O=C(NCCCNCc1cccnc1)[C@@H]1SCCc2ccccc21. The lowest BCUT2D eigenvalue weighted by Crippen LogP contribution is -2.32. The maximum Gasteiger partial charge on any atom is 0.237 e. The fraction of sp³-hybridized carbons (Fsp3) is 0.368. The summed E-state index contributed by atoms with van der Waals surface area (Å²) in [7, 11) is 0. The lowest BCUT2D eigenvalue weighted by atomic mass is 10.0. The normalized spacial score (nSPS) is 16.4. The molecule has 0 radical (unpaired) electrons. The highest BCUT2D eigenvalue weighted by molar-refractivity contribution is 8.00. The summed E-state index contributed by atoms with van der Waals surface area (Å²) in [6, 6.07) is 12.3. The number of amides is 1. The van der Waals surface area contributed by atoms with Gasteiger partial charge >= 0.3 is 0 Å². The van der Waals surface area contributed by atoms with Gasteiger partial charge in [-0.05, 0) is 47.9 Å². The predicted octanol–water partition coefficient (Wildman–Crippen LogP) is 2.71. The van der Waals surface area contributed by atoms with Crippen LogP contribution in [0.15, 0.2) is 48.8 Å². The van der Waals surface area contributed by atoms with E-state index < -0.39 is 0 Å². The molecule has 1 aromatic carbocycles. The minimum Gasteiger partial charge on any atom is -0.355 e. The van der Waals surface area contributed by atoms with Crippen LogP contribution >= 0.6 is 11.8 Å². The van der Waals surface area contributed by atoms with E-state index in [0.717, 1.165) is 31.7 Å². The zero-order valence-corrected chi connectivity index (χ0v) is 14.5. The van der Waals surface area contributed by atoms with Crippen LogP contribution in [-0.4, -0.2) is 29.7 Å². The lowest BCUT2D eigenvalue weighted by molar-refractivity contribution is -0.120. The van der Waals surface area contributed by atoms with Crippen molar-refractivity contribution in [2.45, 2.75) is 24.6 Å². The van der Waals surface area contributed by atoms with Gasteiger partial charge in [0.05, 0.1) is 0 Å². The van der Waals surface area contributed by atoms with Gasteiger partial charge in [0.2, 0.25) is 5.91 Å². The van der Waals surface area contributed by atoms with E-state index in [0.29, 0.717) is 6.54 Å². The molecular weight excluding hydrogens is 318 g/mol. The second-order valence-electron chi connectivity index (χ2n) is 5.88. The van der Waals surface area contributed by atoms with Crippen molar-refractivity contribution >= 4 is 17.7 Å². The van der Waals surface area contributed by atoms with Crippen molar-refractivity contribution in [3.63, 3.8) is 0 Å². The lowest BCUT2D eigenvalue weighted by Gasteiger charge is -2.24. The summed E-state index contributed by atoms with van der Waals surface area (Å²) in [6.45, 7) is 2.40. The van der Waals surface area contributed by atoms with E-state index in [1.807, 2.05) is 18.3 Å². The number of aryl methyl sites for hydroxylation is 1. The van der Waals surface area contributed by atoms with Crippen molar-refractivity contribution in [2.24, 2.45) is 0 Å². The number of nitrogens with zero attached hydrogens (tertiary/aromatic N) is 1. The molecule has 5 heteroatoms. The van der Waals surface area contributed by atoms with E-state index in [1.165, 1.54) is 16.7 Å². The average Bonchev–Trinajstić information content (AvgIpc) is 2.64. The van der Waals surface area contributed by atoms with Crippen molar-refractivity contribution in [3.8, 4) is 0 Å². The Bertz CT molecular complexity index is 663. The van der Waals surface area contributed by atoms with Crippen LogP contribution in [0.4, 0.5) is 0 Å². The molecule has 2 heterocycles. The Hall–Kier alpha value is -1.85. The number of aromatic nitrogens is 1. The van der Waals surface area contributed by atoms with Crippen LogP contribution in [0, 0.1) is 0 Å². The average molecular weight is 341 g/mol. The molecule has 1 aliphatic heterocycles. The van der Waals surface area contributed by atoms with E-state index in [-0.39, 0.29) is 11.2 Å². The molecule has 126 valence electrons. The van der Waals surface area contributed by atoms with Crippen LogP contribution in [-0.2, 0) is 17.8 Å². The Labute approximate surface area is 147 Å². The number of benzene rings is 1. The zero-order chi connectivity index (χ0) is 16.6. The minimum atomic E-state index is -0.0571. The van der Waals surface area contributed by atoms with Gasteiger partial charge in [-0.1, -0.05) is 30.3 Å². The summed E-state index contributed by atoms with van der Waals surface area (Å²) >= 11 is 1.74. The van der Waals surface area contributed by atoms with E-state index >= 15 is 0 Å². The highest BCUT2D eigenvalue weighted by atomic mass is 32.2. The zero-order valence-electron chi connectivity index (χ0n) is 13.7. The van der Waals surface area contributed by atoms with Gasteiger partial charge in [0.1, 0.15) is 5.25 Å². The first-order chi connectivity index (χ1) is 11.8. The molecule has 0 aliphatic carbocycles. The van der Waals surface area contributed by atoms with Gasteiger partial charge in [0, 0.05) is 25.5 Å². The Morgan fingerprint density at radius 3 is 3.00 bits per heavy atom. The fourth-order valence-corrected chi connectivity index (χ4v) is 4.08. The number of carbonyl (C=O) groups excluding carboxylic acids is 1. The Kier molecular flexibility index (Phi) is 6.26. The van der Waals surface area contributed by atoms with E-state index in [4.69, 9.17) is 0 Å². The summed E-state index contributed by atoms with van der Waals surface area (Å²) in [4.78, 5) is 16.5. The molecule has 1 amide bonds. The monoisotopic (exact) mass is 341 g/mol. The molecule has 1 aromatic heterocycles. The van der Waals surface area contributed by atoms with Crippen LogP contribution in [0.1, 0.15) is 28.4 Å². The van der Waals surface area contributed by atoms with Crippen molar-refractivity contribution in [2.75, 3.05) is 18.8 Å². The predicted molar refractivity (Wildman–Crippen MR) is 98.9 cm³/mol. The highest BCUT2D eigenvalue weighted by Crippen LogP contribution is 2.36. The summed E-state index contributed by atoms with van der Waals surface area (Å²) in [6.07, 6.45) is 5.63. The summed E-state index contributed by atoms with van der Waals surface area (Å²) in [5.41, 5.74) is 3.67. The molecule has 0 spiro atoms. The molecule has 0 fully saturated rings. The van der Waals surface area contributed by atoms with Gasteiger partial charge in [-0.15, -0.1) is 11.8 Å². The Morgan fingerprint density at radius 2 is 2.12 bits per heavy atom. The maximum atomic E-state index is 12.5. The van der Waals surface area contributed by atoms with Crippen LogP contribution < -0.4 is 10.6 Å². The van der Waals surface area contributed by atoms with Crippen molar-refractivity contribution in [3.05, 3.63) is 65.5 Å². The number of rotatable bonds is 7. The maximum absolute atomic E-state index is 12.5. The number of hydrogen-bond donors (Lipinski definition) is 2. The summed E-state index contributed by atoms with van der Waals surface area (Å²) < 4.78 is 0. The molecule has 0 unspecified atom stereocenters. The molecule has 4 nitrogen and oxygen atoms in total. The molecule has 0 bridgehead atoms. The third-order valence-corrected chi connectivity index (χ3v) is 5.35. The molecule has 2 N–H and O–H groups in total. The molecule has 2 aromatic rings. The number of hydrogen-bond acceptors (Lipinski definition) is 4. The van der Waals surface area contributed by atoms with Crippen LogP contribution in [0.2, 0.25) is 0 Å². The Balaban J connectivity index is 1.37. The molecule has 24 heavy (non-hydrogen) atoms.